The van der Waals surface area contributed by atoms with Gasteiger partial charge in [-0.2, -0.15) is 4.98 Å². The quantitative estimate of drug-likeness (QED) is 0.713. The minimum Gasteiger partial charge on any atom is -0.481 e. The number of rotatable bonds is 2. The number of ether oxygens (including phenoxy) is 1. The normalized spacial score (nSPS) is 10.8. The number of pyridine rings is 1. The molecule has 3 rings (SSSR count). The molecule has 0 N–H and O–H groups in total. The molecular formula is C16H15N3O. The van der Waals surface area contributed by atoms with Crippen molar-refractivity contribution in [2.75, 3.05) is 7.11 Å². The Kier molecular flexibility index (Phi) is 3.06. The van der Waals surface area contributed by atoms with Gasteiger partial charge in [0.25, 0.3) is 0 Å². The standard InChI is InChI=1S/C16H15N3O/c1-10-4-5-12-6-7-13(18-14(12)8-10)16-17-11(2)9-15(19-16)20-3/h4-9H,1-3H3. The van der Waals surface area contributed by atoms with E-state index in [0.29, 0.717) is 11.7 Å². The predicted molar refractivity (Wildman–Crippen MR) is 78.8 cm³/mol. The predicted octanol–water partition coefficient (Wildman–Crippen LogP) is 3.32. The van der Waals surface area contributed by atoms with Gasteiger partial charge in [0.05, 0.1) is 12.6 Å². The van der Waals surface area contributed by atoms with E-state index < -0.39 is 0 Å². The minimum absolute atomic E-state index is 0.554. The first kappa shape index (κ1) is 12.5. The van der Waals surface area contributed by atoms with Gasteiger partial charge >= 0.3 is 0 Å². The number of fused-ring (bicyclic) bond motifs is 1. The van der Waals surface area contributed by atoms with E-state index in [0.717, 1.165) is 22.3 Å². The van der Waals surface area contributed by atoms with Gasteiger partial charge in [0, 0.05) is 17.1 Å². The SMILES string of the molecule is COc1cc(C)nc(-c2ccc3ccc(C)cc3n2)n1. The maximum atomic E-state index is 5.18. The maximum Gasteiger partial charge on any atom is 0.216 e. The van der Waals surface area contributed by atoms with Crippen LogP contribution in [0.5, 0.6) is 5.88 Å². The van der Waals surface area contributed by atoms with Gasteiger partial charge in [-0.05, 0) is 31.5 Å². The molecule has 0 saturated carbocycles. The van der Waals surface area contributed by atoms with E-state index in [1.807, 2.05) is 19.1 Å². The number of aryl methyl sites for hydroxylation is 2. The van der Waals surface area contributed by atoms with Crippen LogP contribution in [0.1, 0.15) is 11.3 Å². The monoisotopic (exact) mass is 265 g/mol. The van der Waals surface area contributed by atoms with Crippen molar-refractivity contribution >= 4 is 10.9 Å². The molecule has 0 atom stereocenters. The van der Waals surface area contributed by atoms with Gasteiger partial charge in [-0.1, -0.05) is 18.2 Å². The molecule has 3 aromatic rings. The molecule has 0 saturated heterocycles. The topological polar surface area (TPSA) is 47.9 Å². The van der Waals surface area contributed by atoms with Crippen LogP contribution in [0.15, 0.2) is 36.4 Å². The van der Waals surface area contributed by atoms with E-state index in [4.69, 9.17) is 4.74 Å². The second-order valence-corrected chi connectivity index (χ2v) is 4.77. The molecule has 0 fully saturated rings. The first-order chi connectivity index (χ1) is 9.65. The van der Waals surface area contributed by atoms with E-state index in [-0.39, 0.29) is 0 Å². The molecule has 0 bridgehead atoms. The molecule has 0 spiro atoms. The van der Waals surface area contributed by atoms with Gasteiger partial charge in [-0.15, -0.1) is 0 Å². The summed E-state index contributed by atoms with van der Waals surface area (Å²) < 4.78 is 5.18. The zero-order valence-electron chi connectivity index (χ0n) is 11.7. The molecule has 1 aromatic carbocycles. The third-order valence-electron chi connectivity index (χ3n) is 3.12. The fraction of sp³-hybridized carbons (Fsp3) is 0.188. The highest BCUT2D eigenvalue weighted by Crippen LogP contribution is 2.21. The molecule has 20 heavy (non-hydrogen) atoms. The van der Waals surface area contributed by atoms with Crippen molar-refractivity contribution in [1.82, 2.24) is 15.0 Å². The molecule has 0 aliphatic rings. The van der Waals surface area contributed by atoms with E-state index in [2.05, 4.69) is 40.1 Å². The fourth-order valence-electron chi connectivity index (χ4n) is 2.11. The molecule has 100 valence electrons. The van der Waals surface area contributed by atoms with Crippen molar-refractivity contribution < 1.29 is 4.74 Å². The number of hydrogen-bond donors (Lipinski definition) is 0. The summed E-state index contributed by atoms with van der Waals surface area (Å²) in [6, 6.07) is 12.0. The van der Waals surface area contributed by atoms with Crippen LogP contribution in [0.25, 0.3) is 22.4 Å². The second-order valence-electron chi connectivity index (χ2n) is 4.77. The van der Waals surface area contributed by atoms with E-state index in [1.165, 1.54) is 5.56 Å². The van der Waals surface area contributed by atoms with Crippen molar-refractivity contribution in [1.29, 1.82) is 0 Å². The molecule has 4 heteroatoms. The molecule has 4 nitrogen and oxygen atoms in total. The highest BCUT2D eigenvalue weighted by atomic mass is 16.5. The lowest BCUT2D eigenvalue weighted by Crippen LogP contribution is -1.97. The third kappa shape index (κ3) is 2.32. The number of methoxy groups -OCH3 is 1. The first-order valence-electron chi connectivity index (χ1n) is 6.43. The number of aromatic nitrogens is 3. The Balaban J connectivity index is 2.16. The summed E-state index contributed by atoms with van der Waals surface area (Å²) in [5.74, 6) is 1.14. The van der Waals surface area contributed by atoms with Crippen LogP contribution in [0.2, 0.25) is 0 Å². The molecule has 0 aliphatic heterocycles. The summed E-state index contributed by atoms with van der Waals surface area (Å²) in [4.78, 5) is 13.4. The van der Waals surface area contributed by atoms with Crippen LogP contribution >= 0.6 is 0 Å². The lowest BCUT2D eigenvalue weighted by molar-refractivity contribution is 0.397. The van der Waals surface area contributed by atoms with Gasteiger partial charge < -0.3 is 4.74 Å². The van der Waals surface area contributed by atoms with Gasteiger partial charge in [0.15, 0.2) is 5.82 Å². The van der Waals surface area contributed by atoms with Gasteiger partial charge in [-0.25, -0.2) is 9.97 Å². The summed E-state index contributed by atoms with van der Waals surface area (Å²) in [5, 5.41) is 1.11. The smallest absolute Gasteiger partial charge is 0.216 e. The molecule has 0 radical (unpaired) electrons. The first-order valence-corrected chi connectivity index (χ1v) is 6.43. The van der Waals surface area contributed by atoms with Crippen LogP contribution in [0, 0.1) is 13.8 Å². The number of nitrogens with zero attached hydrogens (tertiary/aromatic N) is 3. The number of hydrogen-bond acceptors (Lipinski definition) is 4. The van der Waals surface area contributed by atoms with Gasteiger partial charge in [-0.3, -0.25) is 0 Å². The van der Waals surface area contributed by atoms with E-state index >= 15 is 0 Å². The lowest BCUT2D eigenvalue weighted by atomic mass is 10.1. The molecule has 2 aromatic heterocycles. The second kappa shape index (κ2) is 4.89. The summed E-state index contributed by atoms with van der Waals surface area (Å²) >= 11 is 0. The van der Waals surface area contributed by atoms with Gasteiger partial charge in [0.2, 0.25) is 5.88 Å². The minimum atomic E-state index is 0.554. The highest BCUT2D eigenvalue weighted by Gasteiger charge is 2.07. The lowest BCUT2D eigenvalue weighted by Gasteiger charge is -2.06. The molecular weight excluding hydrogens is 250 g/mol. The molecule has 2 heterocycles. The average molecular weight is 265 g/mol. The molecule has 0 unspecified atom stereocenters. The van der Waals surface area contributed by atoms with E-state index in [1.54, 1.807) is 13.2 Å². The van der Waals surface area contributed by atoms with Crippen LogP contribution in [-0.2, 0) is 0 Å². The van der Waals surface area contributed by atoms with Crippen LogP contribution < -0.4 is 4.74 Å². The van der Waals surface area contributed by atoms with Crippen molar-refractivity contribution in [3.8, 4) is 17.4 Å². The Morgan fingerprint density at radius 1 is 0.900 bits per heavy atom. The molecule has 0 amide bonds. The number of benzene rings is 1. The van der Waals surface area contributed by atoms with E-state index in [9.17, 15) is 0 Å². The van der Waals surface area contributed by atoms with Crippen LogP contribution in [0.3, 0.4) is 0 Å². The van der Waals surface area contributed by atoms with Crippen molar-refractivity contribution in [2.45, 2.75) is 13.8 Å². The zero-order chi connectivity index (χ0) is 14.1. The summed E-state index contributed by atoms with van der Waals surface area (Å²) in [6.07, 6.45) is 0. The fourth-order valence-corrected chi connectivity index (χ4v) is 2.11. The van der Waals surface area contributed by atoms with Crippen LogP contribution in [-0.4, -0.2) is 22.1 Å². The van der Waals surface area contributed by atoms with Crippen LogP contribution in [0.4, 0.5) is 0 Å². The Morgan fingerprint density at radius 2 is 1.70 bits per heavy atom. The van der Waals surface area contributed by atoms with Crippen molar-refractivity contribution in [2.24, 2.45) is 0 Å². The highest BCUT2D eigenvalue weighted by molar-refractivity contribution is 5.81. The Bertz CT molecular complexity index is 784. The zero-order valence-corrected chi connectivity index (χ0v) is 11.7. The maximum absolute atomic E-state index is 5.18. The Labute approximate surface area is 117 Å². The largest absolute Gasteiger partial charge is 0.481 e. The molecule has 0 aliphatic carbocycles. The summed E-state index contributed by atoms with van der Waals surface area (Å²) in [6.45, 7) is 3.97. The van der Waals surface area contributed by atoms with Gasteiger partial charge in [0.1, 0.15) is 5.69 Å². The summed E-state index contributed by atoms with van der Waals surface area (Å²) in [7, 11) is 1.60. The summed E-state index contributed by atoms with van der Waals surface area (Å²) in [5.41, 5.74) is 3.75. The van der Waals surface area contributed by atoms with Crippen molar-refractivity contribution in [3.63, 3.8) is 0 Å². The van der Waals surface area contributed by atoms with Crippen molar-refractivity contribution in [3.05, 3.63) is 47.7 Å². The third-order valence-corrected chi connectivity index (χ3v) is 3.12. The average Bonchev–Trinajstić information content (AvgIpc) is 2.45. The Hall–Kier alpha value is -2.49. The Morgan fingerprint density at radius 3 is 2.50 bits per heavy atom.